The molecule has 0 saturated carbocycles. The van der Waals surface area contributed by atoms with Gasteiger partial charge in [-0.15, -0.1) is 0 Å². The second kappa shape index (κ2) is 9.04. The van der Waals surface area contributed by atoms with Crippen LogP contribution in [0.15, 0.2) is 41.3 Å². The molecule has 3 aliphatic rings. The van der Waals surface area contributed by atoms with Crippen LogP contribution in [0.1, 0.15) is 45.8 Å². The number of hydrogen-bond donors (Lipinski definition) is 1. The first-order chi connectivity index (χ1) is 17.0. The number of amides is 1. The minimum absolute atomic E-state index is 0.0174. The van der Waals surface area contributed by atoms with Gasteiger partial charge < -0.3 is 19.7 Å². The van der Waals surface area contributed by atoms with Crippen molar-refractivity contribution in [1.82, 2.24) is 24.7 Å². The van der Waals surface area contributed by atoms with Crippen LogP contribution in [0.4, 0.5) is 0 Å². The molecule has 1 atom stereocenters. The van der Waals surface area contributed by atoms with Gasteiger partial charge >= 0.3 is 0 Å². The van der Waals surface area contributed by atoms with Crippen molar-refractivity contribution in [2.75, 3.05) is 33.2 Å². The summed E-state index contributed by atoms with van der Waals surface area (Å²) in [5.41, 5.74) is 6.01. The summed E-state index contributed by atoms with van der Waals surface area (Å²) in [5.74, 6) is 0.336. The number of likely N-dealkylation sites (tertiary alicyclic amines) is 1. The van der Waals surface area contributed by atoms with Gasteiger partial charge in [0.1, 0.15) is 0 Å². The Morgan fingerprint density at radius 1 is 1.11 bits per heavy atom. The van der Waals surface area contributed by atoms with E-state index in [-0.39, 0.29) is 17.4 Å². The van der Waals surface area contributed by atoms with Gasteiger partial charge in [0.05, 0.1) is 16.1 Å². The van der Waals surface area contributed by atoms with Gasteiger partial charge in [-0.05, 0) is 55.6 Å². The van der Waals surface area contributed by atoms with Gasteiger partial charge in [-0.25, -0.2) is 0 Å². The smallest absolute Gasteiger partial charge is 0.253 e. The van der Waals surface area contributed by atoms with E-state index in [9.17, 15) is 9.59 Å². The summed E-state index contributed by atoms with van der Waals surface area (Å²) in [6.45, 7) is 5.16. The van der Waals surface area contributed by atoms with Crippen LogP contribution >= 0.6 is 11.6 Å². The molecular weight excluding hydrogens is 462 g/mol. The molecule has 3 aliphatic heterocycles. The number of nitrogens with zero attached hydrogens (tertiary/aromatic N) is 4. The molecule has 1 unspecified atom stereocenters. The molecule has 0 spiro atoms. The zero-order valence-corrected chi connectivity index (χ0v) is 20.7. The van der Waals surface area contributed by atoms with Gasteiger partial charge in [0.15, 0.2) is 0 Å². The van der Waals surface area contributed by atoms with Crippen LogP contribution in [0.25, 0.3) is 11.0 Å². The number of rotatable bonds is 5. The molecule has 1 amide bonds. The van der Waals surface area contributed by atoms with Crippen molar-refractivity contribution in [3.8, 4) is 0 Å². The van der Waals surface area contributed by atoms with E-state index in [2.05, 4.69) is 33.4 Å². The van der Waals surface area contributed by atoms with Gasteiger partial charge in [0.25, 0.3) is 11.5 Å². The van der Waals surface area contributed by atoms with E-state index in [0.29, 0.717) is 17.6 Å². The molecule has 0 aliphatic carbocycles. The molecule has 3 aromatic rings. The molecule has 7 nitrogen and oxygen atoms in total. The molecule has 35 heavy (non-hydrogen) atoms. The second-order valence-electron chi connectivity index (χ2n) is 10.2. The number of halogens is 1. The minimum Gasteiger partial charge on any atom is -0.341 e. The largest absolute Gasteiger partial charge is 0.341 e. The number of nitrogens with one attached hydrogen (secondary N) is 1. The topological polar surface area (TPSA) is 70.5 Å². The van der Waals surface area contributed by atoms with Gasteiger partial charge in [-0.1, -0.05) is 23.7 Å². The monoisotopic (exact) mass is 491 g/mol. The number of piperidine rings is 1. The van der Waals surface area contributed by atoms with Crippen molar-refractivity contribution in [3.05, 3.63) is 74.2 Å². The predicted molar refractivity (Wildman–Crippen MR) is 137 cm³/mol. The lowest BCUT2D eigenvalue weighted by Gasteiger charge is -2.34. The zero-order valence-electron chi connectivity index (χ0n) is 20.0. The summed E-state index contributed by atoms with van der Waals surface area (Å²) in [6, 6.07) is 10.2. The Bertz CT molecular complexity index is 1360. The predicted octanol–water partition coefficient (Wildman–Crippen LogP) is 3.03. The fraction of sp³-hybridized carbons (Fsp3) is 0.444. The van der Waals surface area contributed by atoms with Crippen LogP contribution in [0, 0.1) is 0 Å². The van der Waals surface area contributed by atoms with Gasteiger partial charge in [0.2, 0.25) is 0 Å². The lowest BCUT2D eigenvalue weighted by atomic mass is 9.96. The Morgan fingerprint density at radius 2 is 1.94 bits per heavy atom. The molecule has 1 N–H and O–H groups in total. The fourth-order valence-corrected chi connectivity index (χ4v) is 6.23. The molecule has 1 fully saturated rings. The van der Waals surface area contributed by atoms with Crippen molar-refractivity contribution in [2.24, 2.45) is 0 Å². The summed E-state index contributed by atoms with van der Waals surface area (Å²) >= 11 is 6.56. The number of fused-ring (bicyclic) bond motifs is 1. The minimum atomic E-state index is 0.0174. The number of benzene rings is 1. The maximum atomic E-state index is 12.5. The maximum absolute atomic E-state index is 12.5. The standard InChI is InChI=1S/C27H30ClN5O2/c1-31-9-6-18-3-2-17(12-21(18)27(31)35)13-29-20-7-10-32(11-8-20)15-19-16-33-24(34)5-4-23-26(33)25(19)22(28)14-30-23/h2-5,12,14,19-20,29H,6-11,13,15-16H2,1H3. The molecular formula is C27H30ClN5O2. The summed E-state index contributed by atoms with van der Waals surface area (Å²) < 4.78 is 1.84. The Morgan fingerprint density at radius 3 is 2.77 bits per heavy atom. The van der Waals surface area contributed by atoms with Crippen molar-refractivity contribution in [1.29, 1.82) is 0 Å². The van der Waals surface area contributed by atoms with E-state index in [4.69, 9.17) is 11.6 Å². The highest BCUT2D eigenvalue weighted by Gasteiger charge is 2.31. The van der Waals surface area contributed by atoms with Gasteiger partial charge in [-0.3, -0.25) is 14.6 Å². The van der Waals surface area contributed by atoms with Gasteiger partial charge in [-0.2, -0.15) is 0 Å². The Labute approximate surface area is 209 Å². The first-order valence-corrected chi connectivity index (χ1v) is 12.9. The first-order valence-electron chi connectivity index (χ1n) is 12.5. The van der Waals surface area contributed by atoms with Crippen LogP contribution in [0.5, 0.6) is 0 Å². The SMILES string of the molecule is CN1CCc2ccc(CNC3CCN(CC4Cn5c(=O)ccc6ncc(Cl)c4c65)CC3)cc2C1=O. The number of carbonyl (C=O) groups is 1. The second-order valence-corrected chi connectivity index (χ2v) is 10.6. The van der Waals surface area contributed by atoms with Crippen LogP contribution in [-0.2, 0) is 19.5 Å². The van der Waals surface area contributed by atoms with E-state index < -0.39 is 0 Å². The third-order valence-corrected chi connectivity index (χ3v) is 8.23. The lowest BCUT2D eigenvalue weighted by molar-refractivity contribution is 0.0780. The van der Waals surface area contributed by atoms with E-state index in [1.807, 2.05) is 11.6 Å². The number of aromatic nitrogens is 2. The average molecular weight is 492 g/mol. The van der Waals surface area contributed by atoms with Crippen molar-refractivity contribution >= 4 is 28.5 Å². The quantitative estimate of drug-likeness (QED) is 0.594. The maximum Gasteiger partial charge on any atom is 0.253 e. The van der Waals surface area contributed by atoms with Crippen molar-refractivity contribution < 1.29 is 4.79 Å². The first kappa shape index (κ1) is 22.7. The third-order valence-electron chi connectivity index (χ3n) is 7.93. The molecule has 1 saturated heterocycles. The molecule has 8 heteroatoms. The molecule has 2 aromatic heterocycles. The van der Waals surface area contributed by atoms with E-state index >= 15 is 0 Å². The van der Waals surface area contributed by atoms with E-state index in [1.54, 1.807) is 23.2 Å². The molecule has 1 aromatic carbocycles. The van der Waals surface area contributed by atoms with Gasteiger partial charge in [0, 0.05) is 68.6 Å². The zero-order chi connectivity index (χ0) is 24.1. The summed E-state index contributed by atoms with van der Waals surface area (Å²) in [6.07, 6.45) is 4.80. The van der Waals surface area contributed by atoms with Crippen molar-refractivity contribution in [3.63, 3.8) is 0 Å². The van der Waals surface area contributed by atoms with Crippen molar-refractivity contribution in [2.45, 2.75) is 44.3 Å². The summed E-state index contributed by atoms with van der Waals surface area (Å²) in [4.78, 5) is 33.7. The van der Waals surface area contributed by atoms with E-state index in [1.165, 1.54) is 5.56 Å². The number of hydrogen-bond acceptors (Lipinski definition) is 5. The summed E-state index contributed by atoms with van der Waals surface area (Å²) in [5, 5.41) is 4.36. The van der Waals surface area contributed by atoms with Crippen LogP contribution in [0.2, 0.25) is 5.02 Å². The normalized spacial score (nSPS) is 20.6. The highest BCUT2D eigenvalue weighted by atomic mass is 35.5. The average Bonchev–Trinajstić information content (AvgIpc) is 3.26. The van der Waals surface area contributed by atoms with Crippen LogP contribution in [-0.4, -0.2) is 64.5 Å². The highest BCUT2D eigenvalue weighted by Crippen LogP contribution is 2.37. The number of carbonyl (C=O) groups excluding carboxylic acids is 1. The highest BCUT2D eigenvalue weighted by molar-refractivity contribution is 6.32. The van der Waals surface area contributed by atoms with E-state index in [0.717, 1.165) is 79.7 Å². The molecule has 6 rings (SSSR count). The van der Waals surface area contributed by atoms with Crippen LogP contribution in [0.3, 0.4) is 0 Å². The Hall–Kier alpha value is -2.74. The number of likely N-dealkylation sites (N-methyl/N-ethyl adjacent to an activating group) is 1. The molecule has 182 valence electrons. The lowest BCUT2D eigenvalue weighted by Crippen LogP contribution is -2.43. The molecule has 0 radical (unpaired) electrons. The fourth-order valence-electron chi connectivity index (χ4n) is 5.93. The molecule has 5 heterocycles. The Kier molecular flexibility index (Phi) is 5.87. The van der Waals surface area contributed by atoms with Crippen LogP contribution < -0.4 is 10.9 Å². The summed E-state index contributed by atoms with van der Waals surface area (Å²) in [7, 11) is 1.87. The third kappa shape index (κ3) is 4.15. The number of pyridine rings is 2. The Balaban J connectivity index is 1.06. The molecule has 0 bridgehead atoms.